The van der Waals surface area contributed by atoms with Crippen LogP contribution in [0.4, 0.5) is 0 Å². The van der Waals surface area contributed by atoms with Gasteiger partial charge < -0.3 is 30.2 Å². The summed E-state index contributed by atoms with van der Waals surface area (Å²) in [4.78, 5) is 0. The third-order valence-electron chi connectivity index (χ3n) is 2.87. The Labute approximate surface area is 108 Å². The molecule has 0 saturated carbocycles. The van der Waals surface area contributed by atoms with Gasteiger partial charge >= 0.3 is 0 Å². The number of hydrogen-bond donors (Lipinski definition) is 3. The molecular weight excluding hydrogens is 238 g/mol. The fourth-order valence-electron chi connectivity index (χ4n) is 2.07. The van der Waals surface area contributed by atoms with Crippen molar-refractivity contribution in [2.45, 2.75) is 56.8 Å². The predicted octanol–water partition coefficient (Wildman–Crippen LogP) is -0.386. The molecule has 0 aromatic heterocycles. The van der Waals surface area contributed by atoms with Gasteiger partial charge in [-0.05, 0) is 26.7 Å². The SMILES string of the molecule is CC(C)(O)O.COC1COC2CCO[C@@H]2C(N)C1. The largest absolute Gasteiger partial charge is 0.379 e. The van der Waals surface area contributed by atoms with Crippen molar-refractivity contribution >= 4 is 0 Å². The summed E-state index contributed by atoms with van der Waals surface area (Å²) < 4.78 is 16.5. The summed E-state index contributed by atoms with van der Waals surface area (Å²) in [6.07, 6.45) is 2.20. The molecular formula is C12H25NO5. The molecule has 108 valence electrons. The minimum absolute atomic E-state index is 0.0555. The number of ether oxygens (including phenoxy) is 3. The van der Waals surface area contributed by atoms with Gasteiger partial charge in [0.15, 0.2) is 5.79 Å². The van der Waals surface area contributed by atoms with Gasteiger partial charge in [0.2, 0.25) is 0 Å². The molecule has 0 bridgehead atoms. The fraction of sp³-hybridized carbons (Fsp3) is 1.00. The Kier molecular flexibility index (Phi) is 5.97. The average molecular weight is 263 g/mol. The first-order valence-electron chi connectivity index (χ1n) is 6.27. The Morgan fingerprint density at radius 2 is 1.89 bits per heavy atom. The van der Waals surface area contributed by atoms with Gasteiger partial charge in [-0.2, -0.15) is 0 Å². The number of rotatable bonds is 1. The maximum Gasteiger partial charge on any atom is 0.156 e. The molecule has 4 atom stereocenters. The molecule has 2 aliphatic rings. The van der Waals surface area contributed by atoms with Crippen LogP contribution in [0.2, 0.25) is 0 Å². The van der Waals surface area contributed by atoms with Gasteiger partial charge in [-0.3, -0.25) is 0 Å². The second-order valence-corrected chi connectivity index (χ2v) is 5.25. The molecule has 2 aliphatic heterocycles. The zero-order valence-corrected chi connectivity index (χ0v) is 11.3. The van der Waals surface area contributed by atoms with Gasteiger partial charge in [0.05, 0.1) is 24.9 Å². The van der Waals surface area contributed by atoms with Crippen molar-refractivity contribution in [2.75, 3.05) is 20.3 Å². The zero-order chi connectivity index (χ0) is 13.8. The van der Waals surface area contributed by atoms with Crippen molar-refractivity contribution in [3.63, 3.8) is 0 Å². The summed E-state index contributed by atoms with van der Waals surface area (Å²) in [5.74, 6) is -1.50. The maximum atomic E-state index is 8.08. The molecule has 0 aliphatic carbocycles. The Balaban J connectivity index is 0.000000280. The van der Waals surface area contributed by atoms with E-state index in [1.165, 1.54) is 13.8 Å². The second-order valence-electron chi connectivity index (χ2n) is 5.25. The van der Waals surface area contributed by atoms with Gasteiger partial charge in [0.25, 0.3) is 0 Å². The van der Waals surface area contributed by atoms with E-state index in [0.29, 0.717) is 6.61 Å². The van der Waals surface area contributed by atoms with Crippen LogP contribution in [0.1, 0.15) is 26.7 Å². The minimum Gasteiger partial charge on any atom is -0.379 e. The van der Waals surface area contributed by atoms with Crippen LogP contribution >= 0.6 is 0 Å². The highest BCUT2D eigenvalue weighted by atomic mass is 16.6. The molecule has 2 rings (SSSR count). The summed E-state index contributed by atoms with van der Waals surface area (Å²) in [6, 6.07) is 0.0555. The fourth-order valence-corrected chi connectivity index (χ4v) is 2.07. The van der Waals surface area contributed by atoms with Crippen molar-refractivity contribution in [1.82, 2.24) is 0 Å². The van der Waals surface area contributed by atoms with E-state index in [9.17, 15) is 0 Å². The predicted molar refractivity (Wildman–Crippen MR) is 66.0 cm³/mol. The molecule has 2 saturated heterocycles. The number of fused-ring (bicyclic) bond motifs is 1. The highest BCUT2D eigenvalue weighted by molar-refractivity contribution is 4.90. The molecule has 2 heterocycles. The van der Waals surface area contributed by atoms with Crippen molar-refractivity contribution < 1.29 is 24.4 Å². The van der Waals surface area contributed by atoms with Crippen LogP contribution in [0.3, 0.4) is 0 Å². The molecule has 6 heteroatoms. The van der Waals surface area contributed by atoms with E-state index in [2.05, 4.69) is 0 Å². The van der Waals surface area contributed by atoms with E-state index in [0.717, 1.165) is 19.4 Å². The van der Waals surface area contributed by atoms with Crippen LogP contribution in [0, 0.1) is 0 Å². The molecule has 0 aromatic rings. The van der Waals surface area contributed by atoms with E-state index < -0.39 is 5.79 Å². The highest BCUT2D eigenvalue weighted by Gasteiger charge is 2.38. The highest BCUT2D eigenvalue weighted by Crippen LogP contribution is 2.25. The average Bonchev–Trinajstić information content (AvgIpc) is 2.64. The molecule has 0 aromatic carbocycles. The lowest BCUT2D eigenvalue weighted by Gasteiger charge is -2.20. The molecule has 18 heavy (non-hydrogen) atoms. The van der Waals surface area contributed by atoms with Crippen molar-refractivity contribution in [1.29, 1.82) is 0 Å². The van der Waals surface area contributed by atoms with E-state index in [1.54, 1.807) is 7.11 Å². The minimum atomic E-state index is -1.50. The monoisotopic (exact) mass is 263 g/mol. The Morgan fingerprint density at radius 3 is 2.44 bits per heavy atom. The Hall–Kier alpha value is -0.240. The van der Waals surface area contributed by atoms with Crippen LogP contribution in [0.5, 0.6) is 0 Å². The third-order valence-corrected chi connectivity index (χ3v) is 2.87. The van der Waals surface area contributed by atoms with Crippen molar-refractivity contribution in [3.05, 3.63) is 0 Å². The number of hydrogen-bond acceptors (Lipinski definition) is 6. The molecule has 0 radical (unpaired) electrons. The topological polar surface area (TPSA) is 94.2 Å². The maximum absolute atomic E-state index is 8.08. The summed E-state index contributed by atoms with van der Waals surface area (Å²) >= 11 is 0. The summed E-state index contributed by atoms with van der Waals surface area (Å²) in [7, 11) is 1.70. The first kappa shape index (κ1) is 15.8. The lowest BCUT2D eigenvalue weighted by molar-refractivity contribution is -0.127. The van der Waals surface area contributed by atoms with Crippen LogP contribution in [0.15, 0.2) is 0 Å². The standard InChI is InChI=1S/C9H17NO3.C3H8O2/c1-11-6-4-7(10)9-8(13-5-6)2-3-12-9;1-3(2,4)5/h6-9H,2-5,10H2,1H3;4-5H,1-2H3/t6?,7?,8?,9-;/m1./s1. The van der Waals surface area contributed by atoms with E-state index in [-0.39, 0.29) is 24.4 Å². The lowest BCUT2D eigenvalue weighted by Crippen LogP contribution is -2.41. The van der Waals surface area contributed by atoms with Gasteiger partial charge in [-0.15, -0.1) is 0 Å². The molecule has 6 nitrogen and oxygen atoms in total. The van der Waals surface area contributed by atoms with Crippen molar-refractivity contribution in [3.8, 4) is 0 Å². The van der Waals surface area contributed by atoms with Crippen LogP contribution in [-0.2, 0) is 14.2 Å². The molecule has 0 amide bonds. The van der Waals surface area contributed by atoms with Crippen LogP contribution < -0.4 is 5.73 Å². The van der Waals surface area contributed by atoms with E-state index in [1.807, 2.05) is 0 Å². The van der Waals surface area contributed by atoms with Gasteiger partial charge in [0.1, 0.15) is 0 Å². The summed E-state index contributed by atoms with van der Waals surface area (Å²) in [5, 5.41) is 16.2. The van der Waals surface area contributed by atoms with Gasteiger partial charge in [0, 0.05) is 19.8 Å². The van der Waals surface area contributed by atoms with Gasteiger partial charge in [-0.25, -0.2) is 0 Å². The Bertz CT molecular complexity index is 237. The summed E-state index contributed by atoms with van der Waals surface area (Å²) in [5.41, 5.74) is 6.00. The normalized spacial score (nSPS) is 36.3. The second kappa shape index (κ2) is 6.79. The summed E-state index contributed by atoms with van der Waals surface area (Å²) in [6.45, 7) is 4.02. The Morgan fingerprint density at radius 1 is 1.28 bits per heavy atom. The van der Waals surface area contributed by atoms with Crippen LogP contribution in [0.25, 0.3) is 0 Å². The van der Waals surface area contributed by atoms with Crippen molar-refractivity contribution in [2.24, 2.45) is 5.73 Å². The number of nitrogens with two attached hydrogens (primary N) is 1. The smallest absolute Gasteiger partial charge is 0.156 e. The van der Waals surface area contributed by atoms with E-state index >= 15 is 0 Å². The molecule has 2 fully saturated rings. The quantitative estimate of drug-likeness (QED) is 0.558. The molecule has 3 unspecified atom stereocenters. The molecule has 0 spiro atoms. The third kappa shape index (κ3) is 5.60. The van der Waals surface area contributed by atoms with Crippen LogP contribution in [-0.4, -0.2) is 60.7 Å². The number of aliphatic hydroxyl groups is 2. The van der Waals surface area contributed by atoms with E-state index in [4.69, 9.17) is 30.2 Å². The number of methoxy groups -OCH3 is 1. The zero-order valence-electron chi connectivity index (χ0n) is 11.3. The lowest BCUT2D eigenvalue weighted by atomic mass is 10.0. The first-order chi connectivity index (χ1) is 8.31. The molecule has 4 N–H and O–H groups in total. The first-order valence-corrected chi connectivity index (χ1v) is 6.27. The van der Waals surface area contributed by atoms with Gasteiger partial charge in [-0.1, -0.05) is 0 Å².